The van der Waals surface area contributed by atoms with Gasteiger partial charge < -0.3 is 39.6 Å². The van der Waals surface area contributed by atoms with E-state index in [1.54, 1.807) is 0 Å². The van der Waals surface area contributed by atoms with Gasteiger partial charge in [0.2, 0.25) is 5.72 Å². The number of aliphatic hydroxyl groups excluding tert-OH is 1. The molecule has 7 heterocycles. The van der Waals surface area contributed by atoms with Crippen molar-refractivity contribution in [3.8, 4) is 0 Å². The van der Waals surface area contributed by atoms with Gasteiger partial charge in [0.15, 0.2) is 35.3 Å². The van der Waals surface area contributed by atoms with Crippen LogP contribution >= 0.6 is 14.5 Å². The SMILES string of the molecule is Nc1ncnc2c1ncn2[C@@H]1O[C@@H]2COP(=O)(O)O[C@@]3(n4cc(F)c5c(=O)[nH]cnc54)COC(COP(O)(=S)O[C@H]2[C@H]1F)[C@H]3O. The highest BCUT2D eigenvalue weighted by molar-refractivity contribution is 8.07. The first-order valence-electron chi connectivity index (χ1n) is 12.9. The van der Waals surface area contributed by atoms with Gasteiger partial charge in [-0.1, -0.05) is 0 Å². The Morgan fingerprint density at radius 1 is 1.16 bits per heavy atom. The second-order valence-electron chi connectivity index (χ2n) is 10.2. The number of anilines is 1. The number of phosphoric acid groups is 1. The Morgan fingerprint density at radius 2 is 1.93 bits per heavy atom. The van der Waals surface area contributed by atoms with Crippen LogP contribution in [0.1, 0.15) is 6.23 Å². The van der Waals surface area contributed by atoms with Crippen molar-refractivity contribution in [1.29, 1.82) is 0 Å². The van der Waals surface area contributed by atoms with Gasteiger partial charge in [-0.05, 0) is 11.8 Å². The van der Waals surface area contributed by atoms with Crippen molar-refractivity contribution >= 4 is 54.4 Å². The molecule has 0 aromatic carbocycles. The number of imidazole rings is 1. The molecule has 9 atom stereocenters. The highest BCUT2D eigenvalue weighted by atomic mass is 32.5. The molecule has 24 heteroatoms. The van der Waals surface area contributed by atoms with E-state index in [1.807, 2.05) is 0 Å². The predicted molar refractivity (Wildman–Crippen MR) is 147 cm³/mol. The van der Waals surface area contributed by atoms with Crippen LogP contribution in [0.25, 0.3) is 22.2 Å². The van der Waals surface area contributed by atoms with Crippen LogP contribution < -0.4 is 11.3 Å². The first-order chi connectivity index (χ1) is 21.3. The summed E-state index contributed by atoms with van der Waals surface area (Å²) in [5, 5.41) is 10.8. The van der Waals surface area contributed by atoms with Crippen molar-refractivity contribution < 1.29 is 55.8 Å². The summed E-state index contributed by atoms with van der Waals surface area (Å²) in [4.78, 5) is 52.1. The van der Waals surface area contributed by atoms with Crippen LogP contribution in [0.4, 0.5) is 14.6 Å². The number of nitrogens with zero attached hydrogens (tertiary/aromatic N) is 6. The van der Waals surface area contributed by atoms with E-state index in [0.29, 0.717) is 0 Å². The van der Waals surface area contributed by atoms with Gasteiger partial charge in [-0.2, -0.15) is 0 Å². The first-order valence-corrected chi connectivity index (χ1v) is 17.0. The molecule has 242 valence electrons. The largest absolute Gasteiger partial charge is 0.474 e. The molecule has 3 aliphatic rings. The van der Waals surface area contributed by atoms with Gasteiger partial charge in [0.25, 0.3) is 5.56 Å². The third-order valence-electron chi connectivity index (χ3n) is 7.53. The molecule has 3 aliphatic heterocycles. The zero-order chi connectivity index (χ0) is 31.9. The molecule has 3 fully saturated rings. The minimum Gasteiger partial charge on any atom is -0.385 e. The summed E-state index contributed by atoms with van der Waals surface area (Å²) in [7, 11) is -5.31. The van der Waals surface area contributed by atoms with E-state index < -0.39 is 93.7 Å². The molecule has 19 nitrogen and oxygen atoms in total. The average Bonchev–Trinajstić information content (AvgIpc) is 3.72. The third-order valence-corrected chi connectivity index (χ3v) is 10.1. The smallest absolute Gasteiger partial charge is 0.385 e. The number of rotatable bonds is 2. The van der Waals surface area contributed by atoms with Gasteiger partial charge in [0, 0.05) is 6.20 Å². The second-order valence-corrected chi connectivity index (χ2v) is 14.4. The lowest BCUT2D eigenvalue weighted by Crippen LogP contribution is -2.48. The number of phosphoric ester groups is 1. The standard InChI is InChI=1S/C21H22F2N8O11P2S/c22-8-1-31(17-11(8)19(33)28-6-26-17)21-4-37-10(15(21)32)3-39-44(36,45)41-14-9(2-38-43(34,35)42-21)40-20(12(14)23)30-7-29-13-16(24)25-5-27-18(13)30/h1,5-7,9-10,12,14-15,20,32H,2-4H2,(H,34,35)(H,36,45)(H2,24,25,27)(H,26,28,33)/t9-,10?,12-,14-,15-,20-,21+,44?/m1/s1. The Kier molecular flexibility index (Phi) is 7.43. The van der Waals surface area contributed by atoms with Crippen molar-refractivity contribution in [2.24, 2.45) is 0 Å². The number of halogens is 2. The lowest BCUT2D eigenvalue weighted by Gasteiger charge is -2.34. The zero-order valence-electron chi connectivity index (χ0n) is 22.3. The normalized spacial score (nSPS) is 37.7. The molecule has 0 aliphatic carbocycles. The molecule has 3 saturated heterocycles. The van der Waals surface area contributed by atoms with Crippen LogP contribution in [-0.2, 0) is 49.7 Å². The summed E-state index contributed by atoms with van der Waals surface area (Å²) in [6.07, 6.45) is -6.32. The number of aliphatic hydroxyl groups is 1. The van der Waals surface area contributed by atoms with Crippen LogP contribution in [0.3, 0.4) is 0 Å². The maximum Gasteiger partial charge on any atom is 0.474 e. The van der Waals surface area contributed by atoms with Crippen molar-refractivity contribution in [3.63, 3.8) is 0 Å². The van der Waals surface area contributed by atoms with E-state index in [0.717, 1.165) is 23.4 Å². The van der Waals surface area contributed by atoms with E-state index in [4.69, 9.17) is 45.1 Å². The van der Waals surface area contributed by atoms with Crippen LogP contribution in [0.2, 0.25) is 0 Å². The Labute approximate surface area is 253 Å². The molecule has 0 saturated carbocycles. The Morgan fingerprint density at radius 3 is 2.73 bits per heavy atom. The molecule has 0 amide bonds. The maximum atomic E-state index is 16.0. The summed E-state index contributed by atoms with van der Waals surface area (Å²) in [6, 6.07) is 0. The molecule has 7 rings (SSSR count). The first kappa shape index (κ1) is 30.8. The van der Waals surface area contributed by atoms with Crippen molar-refractivity contribution in [3.05, 3.63) is 41.3 Å². The summed E-state index contributed by atoms with van der Waals surface area (Å²) >= 11 is 5.10. The van der Waals surface area contributed by atoms with Crippen molar-refractivity contribution in [2.45, 2.75) is 42.5 Å². The number of H-pyrrole nitrogens is 1. The number of aromatic nitrogens is 7. The van der Waals surface area contributed by atoms with E-state index in [9.17, 15) is 28.6 Å². The van der Waals surface area contributed by atoms with Gasteiger partial charge in [0.1, 0.15) is 41.6 Å². The van der Waals surface area contributed by atoms with Crippen molar-refractivity contribution in [1.82, 2.24) is 34.1 Å². The third kappa shape index (κ3) is 5.11. The predicted octanol–water partition coefficient (Wildman–Crippen LogP) is -0.300. The lowest BCUT2D eigenvalue weighted by molar-refractivity contribution is -0.109. The quantitative estimate of drug-likeness (QED) is 0.169. The van der Waals surface area contributed by atoms with Gasteiger partial charge >= 0.3 is 14.5 Å². The number of nitrogen functional groups attached to an aromatic ring is 1. The minimum absolute atomic E-state index is 0.00930. The zero-order valence-corrected chi connectivity index (χ0v) is 24.9. The van der Waals surface area contributed by atoms with E-state index in [-0.39, 0.29) is 22.6 Å². The molecular formula is C21H22F2N8O11P2S. The molecule has 0 spiro atoms. The molecule has 4 aromatic rings. The number of aromatic amines is 1. The van der Waals surface area contributed by atoms with Gasteiger partial charge in [0.05, 0.1) is 32.5 Å². The summed E-state index contributed by atoms with van der Waals surface area (Å²) in [6.45, 7) is -6.67. The lowest BCUT2D eigenvalue weighted by atomic mass is 10.1. The number of alkyl halides is 1. The summed E-state index contributed by atoms with van der Waals surface area (Å²) in [5.74, 6) is -1.09. The van der Waals surface area contributed by atoms with Crippen LogP contribution in [-0.4, -0.2) is 99.4 Å². The molecule has 4 aromatic heterocycles. The Balaban J connectivity index is 1.26. The van der Waals surface area contributed by atoms with Crippen LogP contribution in [0, 0.1) is 5.82 Å². The Hall–Kier alpha value is -2.85. The Bertz CT molecular complexity index is 1960. The number of nitrogens with two attached hydrogens (primary N) is 1. The summed E-state index contributed by atoms with van der Waals surface area (Å²) < 4.78 is 79.2. The highest BCUT2D eigenvalue weighted by Gasteiger charge is 2.58. The molecular weight excluding hydrogens is 672 g/mol. The fourth-order valence-electron chi connectivity index (χ4n) is 5.46. The van der Waals surface area contributed by atoms with Gasteiger partial charge in [-0.25, -0.2) is 33.3 Å². The maximum absolute atomic E-state index is 16.0. The number of ether oxygens (including phenoxy) is 2. The molecule has 45 heavy (non-hydrogen) atoms. The molecule has 2 bridgehead atoms. The highest BCUT2D eigenvalue weighted by Crippen LogP contribution is 2.56. The number of fused-ring (bicyclic) bond motifs is 5. The van der Waals surface area contributed by atoms with Crippen molar-refractivity contribution in [2.75, 3.05) is 25.6 Å². The topological polar surface area (TPSA) is 253 Å². The van der Waals surface area contributed by atoms with E-state index in [1.165, 1.54) is 10.9 Å². The number of hydrogen-bond acceptors (Lipinski definition) is 15. The fourth-order valence-corrected chi connectivity index (χ4v) is 7.94. The fraction of sp³-hybridized carbons (Fsp3) is 0.476. The molecule has 3 unspecified atom stereocenters. The minimum atomic E-state index is -5.31. The molecule has 6 N–H and O–H groups in total. The number of nitrogens with one attached hydrogen (secondary N) is 1. The monoisotopic (exact) mass is 694 g/mol. The van der Waals surface area contributed by atoms with E-state index >= 15 is 4.39 Å². The van der Waals surface area contributed by atoms with Gasteiger partial charge in [-0.15, -0.1) is 0 Å². The van der Waals surface area contributed by atoms with Crippen LogP contribution in [0.15, 0.2) is 30.0 Å². The number of hydrogen-bond donors (Lipinski definition) is 5. The van der Waals surface area contributed by atoms with Crippen LogP contribution in [0.5, 0.6) is 0 Å². The summed E-state index contributed by atoms with van der Waals surface area (Å²) in [5.41, 5.74) is 2.35. The second kappa shape index (κ2) is 10.9. The van der Waals surface area contributed by atoms with Gasteiger partial charge in [-0.3, -0.25) is 27.5 Å². The molecule has 0 radical (unpaired) electrons. The average molecular weight is 694 g/mol. The van der Waals surface area contributed by atoms with E-state index in [2.05, 4.69) is 24.9 Å².